The smallest absolute Gasteiger partial charge is 0.278 e. The summed E-state index contributed by atoms with van der Waals surface area (Å²) in [7, 11) is 3.15. The second-order valence-corrected chi connectivity index (χ2v) is 9.72. The molecule has 1 aliphatic heterocycles. The fourth-order valence-corrected chi connectivity index (χ4v) is 4.88. The van der Waals surface area contributed by atoms with E-state index in [0.29, 0.717) is 40.7 Å². The molecule has 0 atom stereocenters. The fraction of sp³-hybridized carbons (Fsp3) is 0.179. The third-order valence-corrected chi connectivity index (χ3v) is 7.09. The molecule has 0 saturated carbocycles. The van der Waals surface area contributed by atoms with E-state index >= 15 is 0 Å². The summed E-state index contributed by atoms with van der Waals surface area (Å²) in [5, 5.41) is 6.29. The van der Waals surface area contributed by atoms with Gasteiger partial charge in [-0.25, -0.2) is 0 Å². The molecule has 38 heavy (non-hydrogen) atoms. The van der Waals surface area contributed by atoms with Crippen LogP contribution in [-0.4, -0.2) is 50.0 Å². The summed E-state index contributed by atoms with van der Waals surface area (Å²) in [6, 6.07) is 20.9. The van der Waals surface area contributed by atoms with Gasteiger partial charge in [-0.05, 0) is 67.1 Å². The molecule has 1 heterocycles. The average Bonchev–Trinajstić information content (AvgIpc) is 3.14. The Kier molecular flexibility index (Phi) is 9.06. The number of nitrogens with one attached hydrogen (secondary N) is 2. The number of halogens is 1. The highest BCUT2D eigenvalue weighted by Crippen LogP contribution is 2.36. The summed E-state index contributed by atoms with van der Waals surface area (Å²) in [4.78, 5) is 41.3. The van der Waals surface area contributed by atoms with Crippen molar-refractivity contribution in [1.29, 1.82) is 0 Å². The van der Waals surface area contributed by atoms with Crippen LogP contribution in [-0.2, 0) is 14.3 Å². The Hall–Kier alpha value is -3.79. The van der Waals surface area contributed by atoms with Crippen molar-refractivity contribution in [2.75, 3.05) is 38.0 Å². The molecule has 0 radical (unpaired) electrons. The van der Waals surface area contributed by atoms with Crippen LogP contribution in [0.25, 0.3) is 0 Å². The molecule has 0 fully saturated rings. The molecule has 3 aromatic rings. The molecule has 0 spiro atoms. The Morgan fingerprint density at radius 2 is 1.61 bits per heavy atom. The van der Waals surface area contributed by atoms with E-state index in [0.717, 1.165) is 4.90 Å². The fourth-order valence-electron chi connectivity index (χ4n) is 3.72. The number of amides is 3. The van der Waals surface area contributed by atoms with Crippen molar-refractivity contribution in [3.8, 4) is 5.75 Å². The Morgan fingerprint density at radius 3 is 2.26 bits per heavy atom. The van der Waals surface area contributed by atoms with E-state index < -0.39 is 5.91 Å². The number of carbonyl (C=O) groups excluding carboxylic acids is 3. The largest absolute Gasteiger partial charge is 0.497 e. The highest BCUT2D eigenvalue weighted by atomic mass is 35.5. The quantitative estimate of drug-likeness (QED) is 0.242. The highest BCUT2D eigenvalue weighted by Gasteiger charge is 2.38. The lowest BCUT2D eigenvalue weighted by atomic mass is 10.2. The maximum absolute atomic E-state index is 13.3. The number of rotatable bonds is 11. The van der Waals surface area contributed by atoms with Gasteiger partial charge in [0.15, 0.2) is 0 Å². The predicted octanol–water partition coefficient (Wildman–Crippen LogP) is 5.42. The van der Waals surface area contributed by atoms with Gasteiger partial charge >= 0.3 is 0 Å². The van der Waals surface area contributed by atoms with Gasteiger partial charge in [-0.1, -0.05) is 35.5 Å². The molecule has 0 aromatic heterocycles. The SMILES string of the molecule is COCCCN1C(=O)C(Nc2ccc(OC)cc2)=C(Sc2ccc(NC(=O)c3ccccc3Cl)cc2)C1=O. The number of thioether (sulfide) groups is 1. The molecule has 2 N–H and O–H groups in total. The van der Waals surface area contributed by atoms with E-state index in [1.54, 1.807) is 87.0 Å². The number of carbonyl (C=O) groups is 3. The number of methoxy groups -OCH3 is 2. The van der Waals surface area contributed by atoms with Crippen molar-refractivity contribution >= 4 is 52.5 Å². The molecule has 8 nitrogen and oxygen atoms in total. The van der Waals surface area contributed by atoms with Crippen LogP contribution >= 0.6 is 23.4 Å². The van der Waals surface area contributed by atoms with Crippen molar-refractivity contribution < 1.29 is 23.9 Å². The normalized spacial score (nSPS) is 13.2. The Morgan fingerprint density at radius 1 is 0.921 bits per heavy atom. The maximum atomic E-state index is 13.3. The molecule has 10 heteroatoms. The van der Waals surface area contributed by atoms with Gasteiger partial charge in [0.05, 0.1) is 17.7 Å². The summed E-state index contributed by atoms with van der Waals surface area (Å²) >= 11 is 7.30. The summed E-state index contributed by atoms with van der Waals surface area (Å²) in [5.74, 6) is -0.417. The van der Waals surface area contributed by atoms with Crippen LogP contribution < -0.4 is 15.4 Å². The van der Waals surface area contributed by atoms with E-state index in [-0.39, 0.29) is 29.0 Å². The zero-order chi connectivity index (χ0) is 27.1. The number of benzene rings is 3. The number of anilines is 2. The lowest BCUT2D eigenvalue weighted by molar-refractivity contribution is -0.137. The summed E-state index contributed by atoms with van der Waals surface area (Å²) in [6.45, 7) is 0.679. The molecule has 4 rings (SSSR count). The van der Waals surface area contributed by atoms with Gasteiger partial charge < -0.3 is 20.1 Å². The van der Waals surface area contributed by atoms with Gasteiger partial charge in [-0.2, -0.15) is 0 Å². The minimum Gasteiger partial charge on any atom is -0.497 e. The second-order valence-electron chi connectivity index (χ2n) is 8.23. The number of ether oxygens (including phenoxy) is 2. The van der Waals surface area contributed by atoms with Crippen molar-refractivity contribution in [3.63, 3.8) is 0 Å². The Labute approximate surface area is 229 Å². The molecule has 1 aliphatic rings. The lowest BCUT2D eigenvalue weighted by Gasteiger charge is -2.14. The minimum absolute atomic E-state index is 0.207. The van der Waals surface area contributed by atoms with E-state index in [9.17, 15) is 14.4 Å². The number of hydrogen-bond donors (Lipinski definition) is 2. The topological polar surface area (TPSA) is 97.0 Å². The van der Waals surface area contributed by atoms with Gasteiger partial charge in [0.25, 0.3) is 17.7 Å². The molecule has 3 aromatic carbocycles. The van der Waals surface area contributed by atoms with E-state index in [4.69, 9.17) is 21.1 Å². The van der Waals surface area contributed by atoms with Crippen LogP contribution in [0, 0.1) is 0 Å². The van der Waals surface area contributed by atoms with Crippen LogP contribution in [0.4, 0.5) is 11.4 Å². The van der Waals surface area contributed by atoms with E-state index in [2.05, 4.69) is 10.6 Å². The van der Waals surface area contributed by atoms with Crippen molar-refractivity contribution in [1.82, 2.24) is 4.90 Å². The lowest BCUT2D eigenvalue weighted by Crippen LogP contribution is -2.33. The maximum Gasteiger partial charge on any atom is 0.278 e. The third kappa shape index (κ3) is 6.36. The molecule has 3 amide bonds. The molecule has 0 aliphatic carbocycles. The van der Waals surface area contributed by atoms with Crippen LogP contribution in [0.1, 0.15) is 16.8 Å². The Balaban J connectivity index is 1.53. The van der Waals surface area contributed by atoms with Gasteiger partial charge in [0.1, 0.15) is 16.4 Å². The first kappa shape index (κ1) is 27.3. The van der Waals surface area contributed by atoms with E-state index in [1.165, 1.54) is 16.7 Å². The van der Waals surface area contributed by atoms with Crippen LogP contribution in [0.15, 0.2) is 88.3 Å². The Bertz CT molecular complexity index is 1360. The summed E-state index contributed by atoms with van der Waals surface area (Å²) in [5.41, 5.74) is 1.80. The first-order valence-corrected chi connectivity index (χ1v) is 12.9. The molecule has 0 bridgehead atoms. The van der Waals surface area contributed by atoms with Crippen molar-refractivity contribution in [2.45, 2.75) is 11.3 Å². The van der Waals surface area contributed by atoms with Crippen LogP contribution in [0.2, 0.25) is 5.02 Å². The van der Waals surface area contributed by atoms with Gasteiger partial charge in [-0.3, -0.25) is 19.3 Å². The van der Waals surface area contributed by atoms with E-state index in [1.807, 2.05) is 0 Å². The standard InChI is InChI=1S/C28H26ClN3O5S/c1-36-17-5-16-32-27(34)24(30-18-8-12-20(37-2)13-9-18)25(28(32)35)38-21-14-10-19(11-15-21)31-26(33)22-6-3-4-7-23(22)29/h3-4,6-15,30H,5,16-17H2,1-2H3,(H,31,33). The highest BCUT2D eigenvalue weighted by molar-refractivity contribution is 8.04. The summed E-state index contributed by atoms with van der Waals surface area (Å²) in [6.07, 6.45) is 0.529. The third-order valence-electron chi connectivity index (χ3n) is 5.67. The number of nitrogens with zero attached hydrogens (tertiary/aromatic N) is 1. The molecular formula is C28H26ClN3O5S. The van der Waals surface area contributed by atoms with Crippen molar-refractivity contribution in [2.24, 2.45) is 0 Å². The zero-order valence-electron chi connectivity index (χ0n) is 20.8. The molecule has 0 saturated heterocycles. The monoisotopic (exact) mass is 551 g/mol. The zero-order valence-corrected chi connectivity index (χ0v) is 22.4. The number of imide groups is 1. The molecule has 0 unspecified atom stereocenters. The molecule has 196 valence electrons. The van der Waals surface area contributed by atoms with Crippen molar-refractivity contribution in [3.05, 3.63) is 94.0 Å². The number of hydrogen-bond acceptors (Lipinski definition) is 7. The van der Waals surface area contributed by atoms with Gasteiger partial charge in [0.2, 0.25) is 0 Å². The minimum atomic E-state index is -0.395. The van der Waals surface area contributed by atoms with Gasteiger partial charge in [-0.15, -0.1) is 0 Å². The molecular weight excluding hydrogens is 526 g/mol. The first-order valence-electron chi connectivity index (χ1n) is 11.8. The second kappa shape index (κ2) is 12.6. The predicted molar refractivity (Wildman–Crippen MR) is 149 cm³/mol. The van der Waals surface area contributed by atoms with Crippen LogP contribution in [0.3, 0.4) is 0 Å². The van der Waals surface area contributed by atoms with Crippen LogP contribution in [0.5, 0.6) is 5.75 Å². The first-order chi connectivity index (χ1) is 18.4. The average molecular weight is 552 g/mol. The van der Waals surface area contributed by atoms with Gasteiger partial charge in [0, 0.05) is 36.5 Å². The summed E-state index contributed by atoms with van der Waals surface area (Å²) < 4.78 is 10.3.